The van der Waals surface area contributed by atoms with Gasteiger partial charge in [-0.25, -0.2) is 9.97 Å². The second-order valence-corrected chi connectivity index (χ2v) is 6.58. The first-order chi connectivity index (χ1) is 12.6. The lowest BCUT2D eigenvalue weighted by Gasteiger charge is -2.21. The number of hydrogen-bond acceptors (Lipinski definition) is 7. The minimum absolute atomic E-state index is 0.0494. The third kappa shape index (κ3) is 4.37. The van der Waals surface area contributed by atoms with Crippen LogP contribution in [0.2, 0.25) is 0 Å². The van der Waals surface area contributed by atoms with Gasteiger partial charge >= 0.3 is 0 Å². The molecule has 26 heavy (non-hydrogen) atoms. The van der Waals surface area contributed by atoms with Crippen molar-refractivity contribution in [3.05, 3.63) is 35.1 Å². The van der Waals surface area contributed by atoms with Crippen molar-refractivity contribution in [3.63, 3.8) is 0 Å². The van der Waals surface area contributed by atoms with Gasteiger partial charge in [-0.05, 0) is 38.5 Å². The lowest BCUT2D eigenvalue weighted by molar-refractivity contribution is -0.121. The zero-order valence-corrected chi connectivity index (χ0v) is 15.5. The number of carbonyl (C=O) groups is 1. The normalized spacial score (nSPS) is 17.4. The molecule has 1 saturated heterocycles. The highest BCUT2D eigenvalue weighted by atomic mass is 16.5. The van der Waals surface area contributed by atoms with Gasteiger partial charge in [-0.2, -0.15) is 0 Å². The second-order valence-electron chi connectivity index (χ2n) is 6.58. The van der Waals surface area contributed by atoms with E-state index in [2.05, 4.69) is 32.4 Å². The van der Waals surface area contributed by atoms with Crippen molar-refractivity contribution >= 4 is 5.91 Å². The smallest absolute Gasteiger partial charge is 0.254 e. The Labute approximate surface area is 152 Å². The SMILES string of the molecule is COc1cc(CCC(=O)NCc2cnc(C)nc2C2CCCN2C)on1. The molecule has 0 saturated carbocycles. The van der Waals surface area contributed by atoms with Crippen LogP contribution in [-0.2, 0) is 17.8 Å². The molecule has 1 amide bonds. The summed E-state index contributed by atoms with van der Waals surface area (Å²) in [7, 11) is 3.64. The fourth-order valence-corrected chi connectivity index (χ4v) is 3.22. The first kappa shape index (κ1) is 18.3. The fraction of sp³-hybridized carbons (Fsp3) is 0.556. The molecule has 0 radical (unpaired) electrons. The number of nitrogens with zero attached hydrogens (tertiary/aromatic N) is 4. The third-order valence-electron chi connectivity index (χ3n) is 4.68. The minimum atomic E-state index is -0.0494. The summed E-state index contributed by atoms with van der Waals surface area (Å²) in [6.07, 6.45) is 4.87. The summed E-state index contributed by atoms with van der Waals surface area (Å²) in [4.78, 5) is 23.4. The maximum absolute atomic E-state index is 12.2. The zero-order valence-electron chi connectivity index (χ0n) is 15.5. The zero-order chi connectivity index (χ0) is 18.5. The molecule has 1 unspecified atom stereocenters. The summed E-state index contributed by atoms with van der Waals surface area (Å²) >= 11 is 0. The molecule has 0 aromatic carbocycles. The Morgan fingerprint density at radius 3 is 3.04 bits per heavy atom. The molecule has 140 valence electrons. The van der Waals surface area contributed by atoms with Gasteiger partial charge in [-0.15, -0.1) is 0 Å². The van der Waals surface area contributed by atoms with Crippen LogP contribution in [0, 0.1) is 6.92 Å². The fourth-order valence-electron chi connectivity index (χ4n) is 3.22. The van der Waals surface area contributed by atoms with E-state index in [0.717, 1.165) is 36.5 Å². The first-order valence-electron chi connectivity index (χ1n) is 8.85. The molecule has 2 aromatic rings. The van der Waals surface area contributed by atoms with Crippen LogP contribution in [0.25, 0.3) is 0 Å². The largest absolute Gasteiger partial charge is 0.479 e. The van der Waals surface area contributed by atoms with Crippen molar-refractivity contribution in [2.24, 2.45) is 0 Å². The average molecular weight is 359 g/mol. The van der Waals surface area contributed by atoms with Gasteiger partial charge in [0.2, 0.25) is 5.91 Å². The molecule has 1 fully saturated rings. The molecule has 1 N–H and O–H groups in total. The number of aromatic nitrogens is 3. The number of methoxy groups -OCH3 is 1. The molecular formula is C18H25N5O3. The van der Waals surface area contributed by atoms with Crippen LogP contribution >= 0.6 is 0 Å². The third-order valence-corrected chi connectivity index (χ3v) is 4.68. The van der Waals surface area contributed by atoms with Crippen LogP contribution in [0.4, 0.5) is 0 Å². The number of likely N-dealkylation sites (tertiary alicyclic amines) is 1. The van der Waals surface area contributed by atoms with Gasteiger partial charge in [0.1, 0.15) is 11.6 Å². The van der Waals surface area contributed by atoms with Gasteiger partial charge in [0.25, 0.3) is 5.88 Å². The van der Waals surface area contributed by atoms with E-state index < -0.39 is 0 Å². The lowest BCUT2D eigenvalue weighted by atomic mass is 10.1. The Morgan fingerprint density at radius 2 is 2.35 bits per heavy atom. The predicted octanol–water partition coefficient (Wildman–Crippen LogP) is 1.80. The predicted molar refractivity (Wildman–Crippen MR) is 94.6 cm³/mol. The molecule has 3 rings (SSSR count). The molecule has 8 heteroatoms. The molecule has 1 aliphatic heterocycles. The van der Waals surface area contributed by atoms with Crippen molar-refractivity contribution in [1.29, 1.82) is 0 Å². The number of aryl methyl sites for hydroxylation is 2. The highest BCUT2D eigenvalue weighted by Gasteiger charge is 2.26. The Balaban J connectivity index is 1.57. The van der Waals surface area contributed by atoms with Gasteiger partial charge in [-0.3, -0.25) is 9.69 Å². The standard InChI is InChI=1S/C18H25N5O3/c1-12-19-10-13(18(21-12)15-5-4-8-23(15)2)11-20-16(24)7-6-14-9-17(25-3)22-26-14/h9-10,15H,4-8,11H2,1-3H3,(H,20,24). The van der Waals surface area contributed by atoms with Gasteiger partial charge in [0, 0.05) is 37.2 Å². The summed E-state index contributed by atoms with van der Waals surface area (Å²) in [5.41, 5.74) is 2.00. The summed E-state index contributed by atoms with van der Waals surface area (Å²) in [5, 5.41) is 6.68. The van der Waals surface area contributed by atoms with E-state index in [-0.39, 0.29) is 5.91 Å². The first-order valence-corrected chi connectivity index (χ1v) is 8.85. The van der Waals surface area contributed by atoms with E-state index >= 15 is 0 Å². The topological polar surface area (TPSA) is 93.4 Å². The monoisotopic (exact) mass is 359 g/mol. The van der Waals surface area contributed by atoms with Gasteiger partial charge in [0.05, 0.1) is 18.8 Å². The molecule has 8 nitrogen and oxygen atoms in total. The molecule has 0 spiro atoms. The van der Waals surface area contributed by atoms with E-state index in [0.29, 0.717) is 37.1 Å². The maximum Gasteiger partial charge on any atom is 0.254 e. The van der Waals surface area contributed by atoms with Crippen LogP contribution in [0.15, 0.2) is 16.8 Å². The van der Waals surface area contributed by atoms with Gasteiger partial charge < -0.3 is 14.6 Å². The number of ether oxygens (including phenoxy) is 1. The molecule has 0 bridgehead atoms. The quantitative estimate of drug-likeness (QED) is 0.805. The molecule has 0 aliphatic carbocycles. The average Bonchev–Trinajstić information content (AvgIpc) is 3.27. The van der Waals surface area contributed by atoms with E-state index in [9.17, 15) is 4.79 Å². The van der Waals surface area contributed by atoms with Crippen molar-refractivity contribution in [2.75, 3.05) is 20.7 Å². The van der Waals surface area contributed by atoms with Crippen LogP contribution in [0.5, 0.6) is 5.88 Å². The number of rotatable bonds is 7. The van der Waals surface area contributed by atoms with Crippen LogP contribution in [0.3, 0.4) is 0 Å². The maximum atomic E-state index is 12.2. The van der Waals surface area contributed by atoms with E-state index in [1.807, 2.05) is 13.1 Å². The highest BCUT2D eigenvalue weighted by Crippen LogP contribution is 2.31. The Kier molecular flexibility index (Phi) is 5.82. The van der Waals surface area contributed by atoms with Gasteiger partial charge in [0.15, 0.2) is 0 Å². The molecule has 1 atom stereocenters. The van der Waals surface area contributed by atoms with Crippen molar-refractivity contribution in [3.8, 4) is 5.88 Å². The highest BCUT2D eigenvalue weighted by molar-refractivity contribution is 5.76. The number of hydrogen-bond donors (Lipinski definition) is 1. The molecule has 2 aromatic heterocycles. The Bertz CT molecular complexity index is 761. The molecular weight excluding hydrogens is 334 g/mol. The summed E-state index contributed by atoms with van der Waals surface area (Å²) in [6.45, 7) is 3.39. The Morgan fingerprint density at radius 1 is 1.50 bits per heavy atom. The van der Waals surface area contributed by atoms with Crippen LogP contribution in [0.1, 0.15) is 48.1 Å². The Hall–Kier alpha value is -2.48. The summed E-state index contributed by atoms with van der Waals surface area (Å²) in [5.74, 6) is 1.76. The van der Waals surface area contributed by atoms with Gasteiger partial charge in [-0.1, -0.05) is 0 Å². The lowest BCUT2D eigenvalue weighted by Crippen LogP contribution is -2.26. The van der Waals surface area contributed by atoms with E-state index in [1.165, 1.54) is 7.11 Å². The van der Waals surface area contributed by atoms with E-state index in [1.54, 1.807) is 6.07 Å². The summed E-state index contributed by atoms with van der Waals surface area (Å²) in [6, 6.07) is 1.99. The second kappa shape index (κ2) is 8.27. The van der Waals surface area contributed by atoms with Crippen molar-refractivity contribution in [1.82, 2.24) is 25.3 Å². The van der Waals surface area contributed by atoms with Crippen molar-refractivity contribution < 1.29 is 14.1 Å². The molecule has 1 aliphatic rings. The number of nitrogens with one attached hydrogen (secondary N) is 1. The van der Waals surface area contributed by atoms with Crippen LogP contribution in [-0.4, -0.2) is 46.6 Å². The summed E-state index contributed by atoms with van der Waals surface area (Å²) < 4.78 is 10.1. The molecule has 3 heterocycles. The minimum Gasteiger partial charge on any atom is -0.479 e. The van der Waals surface area contributed by atoms with Crippen molar-refractivity contribution in [2.45, 2.75) is 45.2 Å². The number of amides is 1. The van der Waals surface area contributed by atoms with E-state index in [4.69, 9.17) is 9.26 Å². The number of carbonyl (C=O) groups excluding carboxylic acids is 1. The van der Waals surface area contributed by atoms with Crippen LogP contribution < -0.4 is 10.1 Å².